The van der Waals surface area contributed by atoms with Crippen LogP contribution in [0.1, 0.15) is 27.4 Å². The Hall–Kier alpha value is -3.53. The lowest BCUT2D eigenvalue weighted by Crippen LogP contribution is -2.47. The second-order valence-electron chi connectivity index (χ2n) is 9.64. The number of carbonyl (C=O) groups excluding carboxylic acids is 2. The first-order valence-corrected chi connectivity index (χ1v) is 13.4. The zero-order valence-electron chi connectivity index (χ0n) is 21.9. The van der Waals surface area contributed by atoms with Gasteiger partial charge in [-0.15, -0.1) is 0 Å². The van der Waals surface area contributed by atoms with Crippen molar-refractivity contribution in [2.45, 2.75) is 20.0 Å². The Morgan fingerprint density at radius 2 is 1.69 bits per heavy atom. The van der Waals surface area contributed by atoms with E-state index in [9.17, 15) is 9.59 Å². The Bertz CT molecular complexity index is 1290. The molecule has 10 heteroatoms. The molecule has 0 N–H and O–H groups in total. The predicted molar refractivity (Wildman–Crippen MR) is 145 cm³/mol. The number of carbonyl (C=O) groups is 2. The van der Waals surface area contributed by atoms with Crippen LogP contribution in [0.2, 0.25) is 5.02 Å². The molecule has 1 fully saturated rings. The van der Waals surface area contributed by atoms with Gasteiger partial charge in [0.2, 0.25) is 12.7 Å². The van der Waals surface area contributed by atoms with Crippen molar-refractivity contribution in [1.82, 2.24) is 14.7 Å². The molecule has 2 amide bonds. The highest BCUT2D eigenvalue weighted by molar-refractivity contribution is 6.30. The number of morpholine rings is 1. The molecule has 0 bridgehead atoms. The fourth-order valence-corrected chi connectivity index (χ4v) is 4.75. The highest BCUT2D eigenvalue weighted by Crippen LogP contribution is 2.33. The summed E-state index contributed by atoms with van der Waals surface area (Å²) in [4.78, 5) is 32.9. The largest absolute Gasteiger partial charge is 0.464 e. The van der Waals surface area contributed by atoms with E-state index in [4.69, 9.17) is 30.2 Å². The summed E-state index contributed by atoms with van der Waals surface area (Å²) in [5, 5.41) is 0.547. The molecule has 0 atom stereocenters. The summed E-state index contributed by atoms with van der Waals surface area (Å²) in [5.74, 6) is 2.37. The second-order valence-corrected chi connectivity index (χ2v) is 10.1. The third-order valence-electron chi connectivity index (χ3n) is 6.80. The van der Waals surface area contributed by atoms with Gasteiger partial charge in [0.05, 0.1) is 19.8 Å². The predicted octanol–water partition coefficient (Wildman–Crippen LogP) is 3.97. The highest BCUT2D eigenvalue weighted by atomic mass is 35.5. The molecule has 2 aromatic carbocycles. The minimum Gasteiger partial charge on any atom is -0.464 e. The smallest absolute Gasteiger partial charge is 0.254 e. The lowest BCUT2D eigenvalue weighted by Gasteiger charge is -2.31. The number of furan rings is 1. The maximum Gasteiger partial charge on any atom is 0.254 e. The van der Waals surface area contributed by atoms with E-state index in [1.54, 1.807) is 34.1 Å². The van der Waals surface area contributed by atoms with Crippen LogP contribution in [0.4, 0.5) is 0 Å². The van der Waals surface area contributed by atoms with Crippen LogP contribution < -0.4 is 9.47 Å². The summed E-state index contributed by atoms with van der Waals surface area (Å²) in [6.45, 7) is 6.54. The molecule has 0 aliphatic carbocycles. The van der Waals surface area contributed by atoms with E-state index in [-0.39, 0.29) is 31.7 Å². The van der Waals surface area contributed by atoms with E-state index in [0.29, 0.717) is 60.7 Å². The summed E-state index contributed by atoms with van der Waals surface area (Å²) in [6.07, 6.45) is 0. The molecule has 0 radical (unpaired) electrons. The molecule has 5 rings (SSSR count). The molecule has 1 aromatic heterocycles. The van der Waals surface area contributed by atoms with Crippen LogP contribution in [0, 0.1) is 6.92 Å². The standard InChI is InChI=1S/C29H32ClN3O6/c1-21-2-8-25(39-21)18-33(17-22-3-9-26-27(16-22)38-20-37-26)28(34)19-32(11-10-31-12-14-36-15-13-31)29(35)23-4-6-24(30)7-5-23/h2-9,16H,10-15,17-20H2,1H3. The van der Waals surface area contributed by atoms with Gasteiger partial charge in [0, 0.05) is 43.3 Å². The number of aryl methyl sites for hydroxylation is 1. The van der Waals surface area contributed by atoms with Crippen molar-refractivity contribution in [3.63, 3.8) is 0 Å². The number of hydrogen-bond donors (Lipinski definition) is 0. The Morgan fingerprint density at radius 3 is 2.44 bits per heavy atom. The molecule has 39 heavy (non-hydrogen) atoms. The number of halogens is 1. The van der Waals surface area contributed by atoms with Crippen molar-refractivity contribution < 1.29 is 28.2 Å². The SMILES string of the molecule is Cc1ccc(CN(Cc2ccc3c(c2)OCO3)C(=O)CN(CCN2CCOCC2)C(=O)c2ccc(Cl)cc2)o1. The Kier molecular flexibility index (Phi) is 8.71. The number of fused-ring (bicyclic) bond motifs is 1. The van der Waals surface area contributed by atoms with Gasteiger partial charge in [-0.2, -0.15) is 0 Å². The van der Waals surface area contributed by atoms with E-state index < -0.39 is 0 Å². The van der Waals surface area contributed by atoms with Crippen LogP contribution in [-0.2, 0) is 22.6 Å². The highest BCUT2D eigenvalue weighted by Gasteiger charge is 2.25. The molecular formula is C29H32ClN3O6. The van der Waals surface area contributed by atoms with Gasteiger partial charge >= 0.3 is 0 Å². The first-order valence-electron chi connectivity index (χ1n) is 13.0. The van der Waals surface area contributed by atoms with Crippen LogP contribution in [0.3, 0.4) is 0 Å². The van der Waals surface area contributed by atoms with Gasteiger partial charge in [-0.05, 0) is 61.0 Å². The monoisotopic (exact) mass is 553 g/mol. The van der Waals surface area contributed by atoms with Crippen LogP contribution in [0.25, 0.3) is 0 Å². The third kappa shape index (κ3) is 7.11. The molecule has 0 unspecified atom stereocenters. The number of ether oxygens (including phenoxy) is 3. The molecule has 9 nitrogen and oxygen atoms in total. The van der Waals surface area contributed by atoms with Crippen molar-refractivity contribution in [2.24, 2.45) is 0 Å². The quantitative estimate of drug-likeness (QED) is 0.375. The average molecular weight is 554 g/mol. The van der Waals surface area contributed by atoms with E-state index in [1.165, 1.54) is 0 Å². The molecule has 2 aliphatic heterocycles. The number of benzene rings is 2. The van der Waals surface area contributed by atoms with E-state index >= 15 is 0 Å². The number of amides is 2. The van der Waals surface area contributed by atoms with Crippen LogP contribution in [-0.4, -0.2) is 79.2 Å². The summed E-state index contributed by atoms with van der Waals surface area (Å²) in [5.41, 5.74) is 1.37. The first-order chi connectivity index (χ1) is 18.9. The summed E-state index contributed by atoms with van der Waals surface area (Å²) in [6, 6.07) is 16.1. The summed E-state index contributed by atoms with van der Waals surface area (Å²) < 4.78 is 22.2. The lowest BCUT2D eigenvalue weighted by atomic mass is 10.1. The zero-order valence-corrected chi connectivity index (χ0v) is 22.7. The normalized spacial score (nSPS) is 14.8. The molecule has 0 saturated carbocycles. The van der Waals surface area contributed by atoms with Crippen LogP contribution in [0.5, 0.6) is 11.5 Å². The van der Waals surface area contributed by atoms with Crippen molar-refractivity contribution in [1.29, 1.82) is 0 Å². The minimum atomic E-state index is -0.217. The van der Waals surface area contributed by atoms with Crippen LogP contribution >= 0.6 is 11.6 Å². The molecular weight excluding hydrogens is 522 g/mol. The van der Waals surface area contributed by atoms with Crippen molar-refractivity contribution >= 4 is 23.4 Å². The molecule has 3 heterocycles. The zero-order chi connectivity index (χ0) is 27.2. The molecule has 2 aliphatic rings. The van der Waals surface area contributed by atoms with Gasteiger partial charge in [0.1, 0.15) is 18.1 Å². The molecule has 1 saturated heterocycles. The summed E-state index contributed by atoms with van der Waals surface area (Å²) >= 11 is 6.05. The van der Waals surface area contributed by atoms with Gasteiger partial charge in [0.25, 0.3) is 5.91 Å². The minimum absolute atomic E-state index is 0.0734. The average Bonchev–Trinajstić information content (AvgIpc) is 3.59. The topological polar surface area (TPSA) is 84.7 Å². The lowest BCUT2D eigenvalue weighted by molar-refractivity contribution is -0.133. The number of nitrogens with zero attached hydrogens (tertiary/aromatic N) is 3. The van der Waals surface area contributed by atoms with Crippen LogP contribution in [0.15, 0.2) is 59.0 Å². The number of hydrogen-bond acceptors (Lipinski definition) is 7. The van der Waals surface area contributed by atoms with E-state index in [0.717, 1.165) is 24.4 Å². The number of rotatable bonds is 10. The maximum atomic E-state index is 13.8. The fourth-order valence-electron chi connectivity index (χ4n) is 4.63. The van der Waals surface area contributed by atoms with Gasteiger partial charge in [0.15, 0.2) is 11.5 Å². The van der Waals surface area contributed by atoms with Crippen molar-refractivity contribution in [3.8, 4) is 11.5 Å². The van der Waals surface area contributed by atoms with Gasteiger partial charge < -0.3 is 28.4 Å². The third-order valence-corrected chi connectivity index (χ3v) is 7.05. The molecule has 3 aromatic rings. The van der Waals surface area contributed by atoms with Gasteiger partial charge in [-0.25, -0.2) is 0 Å². The first kappa shape index (κ1) is 27.1. The second kappa shape index (κ2) is 12.5. The van der Waals surface area contributed by atoms with Crippen molar-refractivity contribution in [2.75, 3.05) is 52.7 Å². The fraction of sp³-hybridized carbons (Fsp3) is 0.379. The van der Waals surface area contributed by atoms with Gasteiger partial charge in [-0.3, -0.25) is 14.5 Å². The Morgan fingerprint density at radius 1 is 0.923 bits per heavy atom. The summed E-state index contributed by atoms with van der Waals surface area (Å²) in [7, 11) is 0. The van der Waals surface area contributed by atoms with Gasteiger partial charge in [-0.1, -0.05) is 17.7 Å². The van der Waals surface area contributed by atoms with E-state index in [1.807, 2.05) is 37.3 Å². The Labute approximate surface area is 232 Å². The molecule has 0 spiro atoms. The van der Waals surface area contributed by atoms with Crippen molar-refractivity contribution in [3.05, 3.63) is 82.3 Å². The molecule has 206 valence electrons. The van der Waals surface area contributed by atoms with E-state index in [2.05, 4.69) is 4.90 Å². The maximum absolute atomic E-state index is 13.8. The Balaban J connectivity index is 1.35.